The Hall–Kier alpha value is -3.21. The summed E-state index contributed by atoms with van der Waals surface area (Å²) in [6, 6.07) is 13.0. The monoisotopic (exact) mass is 350 g/mol. The third-order valence-electron chi connectivity index (χ3n) is 3.00. The third kappa shape index (κ3) is 5.73. The maximum Gasteiger partial charge on any atom is 0.573 e. The van der Waals surface area contributed by atoms with Crippen molar-refractivity contribution in [1.29, 1.82) is 5.26 Å². The second-order valence-electron chi connectivity index (χ2n) is 4.96. The van der Waals surface area contributed by atoms with Gasteiger partial charge in [0.2, 0.25) is 0 Å². The number of amides is 1. The topological polar surface area (TPSA) is 71.3 Å². The Morgan fingerprint density at radius 2 is 1.84 bits per heavy atom. The normalized spacial score (nSPS) is 12.0. The minimum atomic E-state index is -4.81. The molecule has 0 saturated heterocycles. The van der Waals surface area contributed by atoms with E-state index in [1.165, 1.54) is 31.2 Å². The second kappa shape index (κ2) is 7.57. The molecule has 0 aromatic heterocycles. The maximum atomic E-state index is 12.2. The van der Waals surface area contributed by atoms with Crippen LogP contribution in [0.4, 0.5) is 18.9 Å². The average Bonchev–Trinajstić information content (AvgIpc) is 2.54. The Balaban J connectivity index is 1.98. The Bertz CT molecular complexity index is 783. The summed E-state index contributed by atoms with van der Waals surface area (Å²) in [6.07, 6.45) is -5.71. The Morgan fingerprint density at radius 3 is 2.44 bits per heavy atom. The van der Waals surface area contributed by atoms with Crippen molar-refractivity contribution >= 4 is 11.6 Å². The molecule has 2 rings (SSSR count). The van der Waals surface area contributed by atoms with Crippen LogP contribution in [-0.2, 0) is 4.79 Å². The number of anilines is 1. The van der Waals surface area contributed by atoms with Gasteiger partial charge in [-0.05, 0) is 43.3 Å². The number of nitrogens with zero attached hydrogens (tertiary/aromatic N) is 1. The molecule has 1 N–H and O–H groups in total. The molecule has 0 spiro atoms. The number of benzene rings is 2. The van der Waals surface area contributed by atoms with E-state index < -0.39 is 24.1 Å². The molecular weight excluding hydrogens is 337 g/mol. The number of hydrogen-bond donors (Lipinski definition) is 1. The highest BCUT2D eigenvalue weighted by molar-refractivity contribution is 5.94. The van der Waals surface area contributed by atoms with Gasteiger partial charge in [-0.1, -0.05) is 6.07 Å². The van der Waals surface area contributed by atoms with Gasteiger partial charge < -0.3 is 14.8 Å². The largest absolute Gasteiger partial charge is 0.573 e. The van der Waals surface area contributed by atoms with Gasteiger partial charge in [0, 0.05) is 11.8 Å². The molecule has 0 aliphatic heterocycles. The number of carbonyl (C=O) groups is 1. The predicted molar refractivity (Wildman–Crippen MR) is 83.0 cm³/mol. The highest BCUT2D eigenvalue weighted by atomic mass is 19.4. The van der Waals surface area contributed by atoms with Gasteiger partial charge >= 0.3 is 6.36 Å². The van der Waals surface area contributed by atoms with Gasteiger partial charge in [0.05, 0.1) is 11.6 Å². The minimum absolute atomic E-state index is 0.141. The van der Waals surface area contributed by atoms with E-state index in [0.29, 0.717) is 11.3 Å². The molecule has 0 aliphatic rings. The van der Waals surface area contributed by atoms with Gasteiger partial charge in [-0.2, -0.15) is 5.26 Å². The van der Waals surface area contributed by atoms with Crippen molar-refractivity contribution < 1.29 is 27.4 Å². The standard InChI is InChI=1S/C17H13F3N2O3/c1-11(24-14-7-5-12(10-21)6-8-14)16(23)22-13-3-2-4-15(9-13)25-17(18,19)20/h2-9,11H,1H3,(H,22,23). The smallest absolute Gasteiger partial charge is 0.481 e. The quantitative estimate of drug-likeness (QED) is 0.889. The van der Waals surface area contributed by atoms with Gasteiger partial charge in [-0.3, -0.25) is 4.79 Å². The van der Waals surface area contributed by atoms with Crippen molar-refractivity contribution in [2.75, 3.05) is 5.32 Å². The van der Waals surface area contributed by atoms with Crippen LogP contribution < -0.4 is 14.8 Å². The summed E-state index contributed by atoms with van der Waals surface area (Å²) in [6.45, 7) is 1.49. The zero-order chi connectivity index (χ0) is 18.4. The van der Waals surface area contributed by atoms with Crippen LogP contribution in [0.5, 0.6) is 11.5 Å². The summed E-state index contributed by atoms with van der Waals surface area (Å²) in [5, 5.41) is 11.2. The zero-order valence-electron chi connectivity index (χ0n) is 13.0. The Labute approximate surface area is 141 Å². The summed E-state index contributed by atoms with van der Waals surface area (Å²) in [5.74, 6) is -0.602. The summed E-state index contributed by atoms with van der Waals surface area (Å²) >= 11 is 0. The van der Waals surface area contributed by atoms with Crippen molar-refractivity contribution in [3.8, 4) is 17.6 Å². The fraction of sp³-hybridized carbons (Fsp3) is 0.176. The molecule has 1 atom stereocenters. The van der Waals surface area contributed by atoms with Gasteiger partial charge in [-0.25, -0.2) is 0 Å². The van der Waals surface area contributed by atoms with E-state index in [-0.39, 0.29) is 5.69 Å². The molecule has 8 heteroatoms. The molecule has 0 aliphatic carbocycles. The number of hydrogen-bond acceptors (Lipinski definition) is 4. The van der Waals surface area contributed by atoms with E-state index in [1.54, 1.807) is 12.1 Å². The van der Waals surface area contributed by atoms with Crippen LogP contribution in [-0.4, -0.2) is 18.4 Å². The molecule has 2 aromatic rings. The van der Waals surface area contributed by atoms with E-state index >= 15 is 0 Å². The molecular formula is C17H13F3N2O3. The van der Waals surface area contributed by atoms with E-state index in [1.807, 2.05) is 6.07 Å². The van der Waals surface area contributed by atoms with E-state index in [0.717, 1.165) is 12.1 Å². The van der Waals surface area contributed by atoms with Crippen LogP contribution in [0.25, 0.3) is 0 Å². The fourth-order valence-corrected chi connectivity index (χ4v) is 1.88. The van der Waals surface area contributed by atoms with Crippen molar-refractivity contribution in [2.45, 2.75) is 19.4 Å². The molecule has 0 fully saturated rings. The minimum Gasteiger partial charge on any atom is -0.481 e. The fourth-order valence-electron chi connectivity index (χ4n) is 1.88. The summed E-state index contributed by atoms with van der Waals surface area (Å²) < 4.78 is 45.9. The number of alkyl halides is 3. The molecule has 0 saturated carbocycles. The Kier molecular flexibility index (Phi) is 5.49. The third-order valence-corrected chi connectivity index (χ3v) is 3.00. The van der Waals surface area contributed by atoms with Crippen LogP contribution in [0, 0.1) is 11.3 Å². The average molecular weight is 350 g/mol. The predicted octanol–water partition coefficient (Wildman–Crippen LogP) is 3.86. The number of nitriles is 1. The van der Waals surface area contributed by atoms with Crippen LogP contribution >= 0.6 is 0 Å². The van der Waals surface area contributed by atoms with Crippen molar-refractivity contribution in [1.82, 2.24) is 0 Å². The summed E-state index contributed by atoms with van der Waals surface area (Å²) in [5.41, 5.74) is 0.591. The molecule has 5 nitrogen and oxygen atoms in total. The lowest BCUT2D eigenvalue weighted by Gasteiger charge is -2.15. The van der Waals surface area contributed by atoms with Gasteiger partial charge in [0.1, 0.15) is 11.5 Å². The van der Waals surface area contributed by atoms with Crippen molar-refractivity contribution in [3.05, 3.63) is 54.1 Å². The van der Waals surface area contributed by atoms with Crippen molar-refractivity contribution in [2.24, 2.45) is 0 Å². The lowest BCUT2D eigenvalue weighted by atomic mass is 10.2. The van der Waals surface area contributed by atoms with Crippen LogP contribution in [0.3, 0.4) is 0 Å². The van der Waals surface area contributed by atoms with Gasteiger partial charge in [0.25, 0.3) is 5.91 Å². The summed E-state index contributed by atoms with van der Waals surface area (Å²) in [7, 11) is 0. The van der Waals surface area contributed by atoms with Gasteiger partial charge in [0.15, 0.2) is 6.10 Å². The maximum absolute atomic E-state index is 12.2. The molecule has 130 valence electrons. The molecule has 0 radical (unpaired) electrons. The highest BCUT2D eigenvalue weighted by Crippen LogP contribution is 2.25. The SMILES string of the molecule is CC(Oc1ccc(C#N)cc1)C(=O)Nc1cccc(OC(F)(F)F)c1. The second-order valence-corrected chi connectivity index (χ2v) is 4.96. The molecule has 25 heavy (non-hydrogen) atoms. The first-order valence-corrected chi connectivity index (χ1v) is 7.10. The summed E-state index contributed by atoms with van der Waals surface area (Å²) in [4.78, 5) is 12.1. The van der Waals surface area contributed by atoms with E-state index in [4.69, 9.17) is 10.00 Å². The lowest BCUT2D eigenvalue weighted by molar-refractivity contribution is -0.274. The van der Waals surface area contributed by atoms with E-state index in [2.05, 4.69) is 10.1 Å². The first kappa shape index (κ1) is 18.1. The van der Waals surface area contributed by atoms with Crippen LogP contribution in [0.15, 0.2) is 48.5 Å². The molecule has 1 amide bonds. The zero-order valence-corrected chi connectivity index (χ0v) is 13.0. The molecule has 2 aromatic carbocycles. The highest BCUT2D eigenvalue weighted by Gasteiger charge is 2.31. The number of nitrogens with one attached hydrogen (secondary N) is 1. The van der Waals surface area contributed by atoms with Gasteiger partial charge in [-0.15, -0.1) is 13.2 Å². The Morgan fingerprint density at radius 1 is 1.16 bits per heavy atom. The number of rotatable bonds is 5. The first-order valence-electron chi connectivity index (χ1n) is 7.10. The van der Waals surface area contributed by atoms with E-state index in [9.17, 15) is 18.0 Å². The first-order chi connectivity index (χ1) is 11.8. The molecule has 1 unspecified atom stereocenters. The van der Waals surface area contributed by atoms with Crippen LogP contribution in [0.1, 0.15) is 12.5 Å². The van der Waals surface area contributed by atoms with Crippen LogP contribution in [0.2, 0.25) is 0 Å². The molecule has 0 heterocycles. The van der Waals surface area contributed by atoms with Crippen molar-refractivity contribution in [3.63, 3.8) is 0 Å². The molecule has 0 bridgehead atoms. The number of ether oxygens (including phenoxy) is 2. The lowest BCUT2D eigenvalue weighted by Crippen LogP contribution is -2.30. The number of carbonyl (C=O) groups excluding carboxylic acids is 1. The number of halogens is 3.